The number of nitrogens with one attached hydrogen (secondary N) is 2. The number of hydrogen-bond donors (Lipinski definition) is 2. The van der Waals surface area contributed by atoms with Crippen LogP contribution in [0.4, 0.5) is 5.13 Å². The van der Waals surface area contributed by atoms with Gasteiger partial charge in [0.05, 0.1) is 22.3 Å². The molecule has 1 amide bonds. The molecule has 1 aliphatic carbocycles. The van der Waals surface area contributed by atoms with E-state index in [1.165, 1.54) is 23.5 Å². The standard InChI is InChI=1S/C18H20BrN3O4S2/c19-15-6-5-13(28(24,25)20-9-12-2-1-7-26-12)8-14(15)17(23)22-18-21-16(10-27-18)11-3-4-11/h5-6,8,10-12,20H,1-4,7,9H2,(H,21,22,23). The van der Waals surface area contributed by atoms with Crippen LogP contribution in [0, 0.1) is 0 Å². The van der Waals surface area contributed by atoms with E-state index in [1.54, 1.807) is 6.07 Å². The largest absolute Gasteiger partial charge is 0.377 e. The Morgan fingerprint density at radius 2 is 2.14 bits per heavy atom. The molecule has 28 heavy (non-hydrogen) atoms. The molecule has 1 aromatic carbocycles. The van der Waals surface area contributed by atoms with Crippen molar-refractivity contribution in [2.75, 3.05) is 18.5 Å². The number of benzene rings is 1. The second-order valence-corrected chi connectivity index (χ2v) is 10.4. The van der Waals surface area contributed by atoms with Gasteiger partial charge in [0.25, 0.3) is 5.91 Å². The Hall–Kier alpha value is -1.33. The molecule has 10 heteroatoms. The van der Waals surface area contributed by atoms with Gasteiger partial charge < -0.3 is 4.74 Å². The van der Waals surface area contributed by atoms with Crippen LogP contribution in [0.2, 0.25) is 0 Å². The summed E-state index contributed by atoms with van der Waals surface area (Å²) in [6.07, 6.45) is 3.96. The van der Waals surface area contributed by atoms with Crippen LogP contribution in [-0.2, 0) is 14.8 Å². The van der Waals surface area contributed by atoms with Crippen molar-refractivity contribution in [2.45, 2.75) is 42.6 Å². The molecule has 1 saturated heterocycles. The van der Waals surface area contributed by atoms with E-state index in [9.17, 15) is 13.2 Å². The molecule has 1 aliphatic heterocycles. The van der Waals surface area contributed by atoms with E-state index in [4.69, 9.17) is 4.74 Å². The summed E-state index contributed by atoms with van der Waals surface area (Å²) in [6, 6.07) is 4.40. The first kappa shape index (κ1) is 20.0. The van der Waals surface area contributed by atoms with E-state index in [-0.39, 0.29) is 23.1 Å². The van der Waals surface area contributed by atoms with Crippen LogP contribution < -0.4 is 10.0 Å². The molecule has 150 valence electrons. The zero-order valence-electron chi connectivity index (χ0n) is 15.0. The van der Waals surface area contributed by atoms with Crippen molar-refractivity contribution >= 4 is 48.3 Å². The van der Waals surface area contributed by atoms with Gasteiger partial charge in [0.2, 0.25) is 10.0 Å². The van der Waals surface area contributed by atoms with Crippen LogP contribution in [0.1, 0.15) is 47.7 Å². The average Bonchev–Trinajstić information content (AvgIpc) is 3.18. The summed E-state index contributed by atoms with van der Waals surface area (Å²) < 4.78 is 33.7. The number of carbonyl (C=O) groups excluding carboxylic acids is 1. The van der Waals surface area contributed by atoms with Gasteiger partial charge in [0, 0.05) is 28.9 Å². The summed E-state index contributed by atoms with van der Waals surface area (Å²) in [5.41, 5.74) is 1.25. The van der Waals surface area contributed by atoms with Gasteiger partial charge in [0.15, 0.2) is 5.13 Å². The summed E-state index contributed by atoms with van der Waals surface area (Å²) in [5, 5.41) is 5.23. The number of halogens is 1. The lowest BCUT2D eigenvalue weighted by molar-refractivity contribution is 0.102. The monoisotopic (exact) mass is 485 g/mol. The maximum atomic E-state index is 12.7. The smallest absolute Gasteiger partial charge is 0.258 e. The van der Waals surface area contributed by atoms with E-state index in [0.29, 0.717) is 22.1 Å². The number of sulfonamides is 1. The summed E-state index contributed by atoms with van der Waals surface area (Å²) in [7, 11) is -3.74. The fourth-order valence-electron chi connectivity index (χ4n) is 3.01. The van der Waals surface area contributed by atoms with Gasteiger partial charge in [-0.1, -0.05) is 0 Å². The number of thiazole rings is 1. The van der Waals surface area contributed by atoms with Gasteiger partial charge in [-0.3, -0.25) is 10.1 Å². The molecule has 0 radical (unpaired) electrons. The highest BCUT2D eigenvalue weighted by molar-refractivity contribution is 9.10. The number of anilines is 1. The lowest BCUT2D eigenvalue weighted by atomic mass is 10.2. The highest BCUT2D eigenvalue weighted by Gasteiger charge is 2.27. The van der Waals surface area contributed by atoms with Gasteiger partial charge in [-0.2, -0.15) is 0 Å². The van der Waals surface area contributed by atoms with Crippen molar-refractivity contribution in [1.82, 2.24) is 9.71 Å². The Labute approximate surface area is 176 Å². The zero-order chi connectivity index (χ0) is 19.7. The van der Waals surface area contributed by atoms with Crippen LogP contribution in [-0.4, -0.2) is 38.6 Å². The van der Waals surface area contributed by atoms with E-state index < -0.39 is 15.9 Å². The summed E-state index contributed by atoms with van der Waals surface area (Å²) in [4.78, 5) is 17.1. The number of hydrogen-bond acceptors (Lipinski definition) is 6. The van der Waals surface area contributed by atoms with Crippen LogP contribution in [0.15, 0.2) is 32.9 Å². The van der Waals surface area contributed by atoms with Crippen LogP contribution in [0.25, 0.3) is 0 Å². The molecule has 4 rings (SSSR count). The molecular weight excluding hydrogens is 466 g/mol. The van der Waals surface area contributed by atoms with Crippen LogP contribution in [0.3, 0.4) is 0 Å². The quantitative estimate of drug-likeness (QED) is 0.625. The second-order valence-electron chi connectivity index (χ2n) is 6.93. The van der Waals surface area contributed by atoms with Gasteiger partial charge in [-0.05, 0) is 59.8 Å². The van der Waals surface area contributed by atoms with Crippen LogP contribution in [0.5, 0.6) is 0 Å². The Kier molecular flexibility index (Phi) is 5.84. The molecule has 1 aromatic heterocycles. The topological polar surface area (TPSA) is 97.4 Å². The number of rotatable bonds is 7. The Bertz CT molecular complexity index is 982. The first-order chi connectivity index (χ1) is 13.4. The Balaban J connectivity index is 1.47. The third-order valence-electron chi connectivity index (χ3n) is 4.76. The maximum Gasteiger partial charge on any atom is 0.258 e. The fourth-order valence-corrected chi connectivity index (χ4v) is 5.32. The van der Waals surface area contributed by atoms with Crippen LogP contribution >= 0.6 is 27.3 Å². The number of carbonyl (C=O) groups is 1. The molecule has 2 N–H and O–H groups in total. The Morgan fingerprint density at radius 3 is 2.86 bits per heavy atom. The molecule has 2 heterocycles. The first-order valence-corrected chi connectivity index (χ1v) is 12.3. The molecule has 2 aliphatic rings. The minimum absolute atomic E-state index is 0.0386. The zero-order valence-corrected chi connectivity index (χ0v) is 18.2. The lowest BCUT2D eigenvalue weighted by Crippen LogP contribution is -2.32. The summed E-state index contributed by atoms with van der Waals surface area (Å²) in [5.74, 6) is 0.108. The number of ether oxygens (including phenoxy) is 1. The third kappa shape index (κ3) is 4.62. The molecule has 1 unspecified atom stereocenters. The number of nitrogens with zero attached hydrogens (tertiary/aromatic N) is 1. The third-order valence-corrected chi connectivity index (χ3v) is 7.64. The molecule has 0 spiro atoms. The van der Waals surface area contributed by atoms with E-state index >= 15 is 0 Å². The van der Waals surface area contributed by atoms with Crippen molar-refractivity contribution in [3.63, 3.8) is 0 Å². The van der Waals surface area contributed by atoms with Crippen molar-refractivity contribution < 1.29 is 17.9 Å². The van der Waals surface area contributed by atoms with Crippen molar-refractivity contribution in [3.8, 4) is 0 Å². The molecule has 2 fully saturated rings. The summed E-state index contributed by atoms with van der Waals surface area (Å²) in [6.45, 7) is 0.886. The highest BCUT2D eigenvalue weighted by Crippen LogP contribution is 2.41. The average molecular weight is 486 g/mol. The van der Waals surface area contributed by atoms with Crippen molar-refractivity contribution in [3.05, 3.63) is 39.3 Å². The molecule has 2 aromatic rings. The SMILES string of the molecule is O=C(Nc1nc(C2CC2)cs1)c1cc(S(=O)(=O)NCC2CCCO2)ccc1Br. The lowest BCUT2D eigenvalue weighted by Gasteiger charge is -2.12. The fraction of sp³-hybridized carbons (Fsp3) is 0.444. The molecule has 7 nitrogen and oxygen atoms in total. The van der Waals surface area contributed by atoms with Crippen molar-refractivity contribution in [2.24, 2.45) is 0 Å². The molecule has 0 bridgehead atoms. The number of amides is 1. The minimum Gasteiger partial charge on any atom is -0.377 e. The predicted octanol–water partition coefficient (Wildman–Crippen LogP) is 3.49. The number of aromatic nitrogens is 1. The normalized spacial score (nSPS) is 19.7. The van der Waals surface area contributed by atoms with Crippen molar-refractivity contribution in [1.29, 1.82) is 0 Å². The Morgan fingerprint density at radius 1 is 1.32 bits per heavy atom. The van der Waals surface area contributed by atoms with Gasteiger partial charge >= 0.3 is 0 Å². The van der Waals surface area contributed by atoms with Gasteiger partial charge in [-0.15, -0.1) is 11.3 Å². The minimum atomic E-state index is -3.74. The van der Waals surface area contributed by atoms with E-state index in [0.717, 1.165) is 31.4 Å². The molecule has 1 saturated carbocycles. The first-order valence-electron chi connectivity index (χ1n) is 9.10. The predicted molar refractivity (Wildman–Crippen MR) is 110 cm³/mol. The highest BCUT2D eigenvalue weighted by atomic mass is 79.9. The van der Waals surface area contributed by atoms with E-state index in [2.05, 4.69) is 31.0 Å². The maximum absolute atomic E-state index is 12.7. The van der Waals surface area contributed by atoms with Gasteiger partial charge in [0.1, 0.15) is 0 Å². The van der Waals surface area contributed by atoms with Gasteiger partial charge in [-0.25, -0.2) is 18.1 Å². The second kappa shape index (κ2) is 8.19. The molecule has 1 atom stereocenters. The molecular formula is C18H20BrN3O4S2. The summed E-state index contributed by atoms with van der Waals surface area (Å²) >= 11 is 4.71. The van der Waals surface area contributed by atoms with E-state index in [1.807, 2.05) is 5.38 Å².